The van der Waals surface area contributed by atoms with Gasteiger partial charge in [0.15, 0.2) is 5.58 Å². The second-order valence-electron chi connectivity index (χ2n) is 3.75. The number of pyridine rings is 2. The van der Waals surface area contributed by atoms with Crippen LogP contribution in [0, 0.1) is 13.0 Å². The molecule has 0 aliphatic heterocycles. The summed E-state index contributed by atoms with van der Waals surface area (Å²) in [4.78, 5) is 16.0. The number of aryl methyl sites for hydroxylation is 1. The van der Waals surface area contributed by atoms with Gasteiger partial charge >= 0.3 is 0 Å². The van der Waals surface area contributed by atoms with E-state index in [2.05, 4.69) is 11.1 Å². The molecule has 3 aromatic heterocycles. The van der Waals surface area contributed by atoms with Crippen molar-refractivity contribution in [2.75, 3.05) is 0 Å². The molecule has 3 rings (SSSR count). The number of hydrogen-bond acceptors (Lipinski definition) is 3. The second kappa shape index (κ2) is 3.59. The summed E-state index contributed by atoms with van der Waals surface area (Å²) in [7, 11) is 0. The van der Waals surface area contributed by atoms with E-state index in [1.807, 2.05) is 0 Å². The van der Waals surface area contributed by atoms with Crippen LogP contribution in [0.15, 0.2) is 46.1 Å². The van der Waals surface area contributed by atoms with E-state index < -0.39 is 0 Å². The lowest BCUT2D eigenvalue weighted by Gasteiger charge is -2.07. The van der Waals surface area contributed by atoms with Crippen LogP contribution in [0.5, 0.6) is 0 Å². The van der Waals surface area contributed by atoms with E-state index in [1.165, 1.54) is 6.26 Å². The van der Waals surface area contributed by atoms with Gasteiger partial charge in [-0.2, -0.15) is 0 Å². The molecular weight excluding hydrogens is 216 g/mol. The fraction of sp³-hybridized carbons (Fsp3) is 0.0769. The molecule has 1 radical (unpaired) electrons. The van der Waals surface area contributed by atoms with Gasteiger partial charge in [0.05, 0.1) is 11.8 Å². The molecule has 17 heavy (non-hydrogen) atoms. The normalized spacial score (nSPS) is 10.9. The van der Waals surface area contributed by atoms with Crippen LogP contribution in [0.25, 0.3) is 16.9 Å². The molecular formula is C13H9N2O2. The molecule has 0 saturated carbocycles. The standard InChI is InChI=1S/C13H9N2O2/c1-9-8-15(11-4-2-3-6-14-11)10-5-7-17-13(10)12(9)16/h2-3,5-8H,1H3. The molecule has 0 aliphatic carbocycles. The first-order valence-electron chi connectivity index (χ1n) is 5.20. The molecule has 0 amide bonds. The lowest BCUT2D eigenvalue weighted by molar-refractivity contribution is 0.611. The third-order valence-electron chi connectivity index (χ3n) is 2.61. The van der Waals surface area contributed by atoms with Gasteiger partial charge in [0, 0.05) is 30.1 Å². The summed E-state index contributed by atoms with van der Waals surface area (Å²) < 4.78 is 7.02. The average molecular weight is 225 g/mol. The lowest BCUT2D eigenvalue weighted by Crippen LogP contribution is -2.10. The number of fused-ring (bicyclic) bond motifs is 1. The van der Waals surface area contributed by atoms with Crippen LogP contribution in [0.3, 0.4) is 0 Å². The van der Waals surface area contributed by atoms with E-state index >= 15 is 0 Å². The minimum absolute atomic E-state index is 0.0859. The van der Waals surface area contributed by atoms with E-state index in [9.17, 15) is 4.79 Å². The van der Waals surface area contributed by atoms with Crippen molar-refractivity contribution in [1.29, 1.82) is 0 Å². The Kier molecular flexibility index (Phi) is 2.08. The highest BCUT2D eigenvalue weighted by Gasteiger charge is 2.10. The van der Waals surface area contributed by atoms with E-state index in [0.717, 1.165) is 0 Å². The minimum atomic E-state index is -0.0859. The Morgan fingerprint density at radius 3 is 3.12 bits per heavy atom. The maximum atomic E-state index is 11.8. The summed E-state index contributed by atoms with van der Waals surface area (Å²) in [5.41, 5.74) is 1.59. The van der Waals surface area contributed by atoms with Gasteiger partial charge in [0.25, 0.3) is 0 Å². The fourth-order valence-corrected chi connectivity index (χ4v) is 1.79. The van der Waals surface area contributed by atoms with Crippen molar-refractivity contribution in [2.24, 2.45) is 0 Å². The van der Waals surface area contributed by atoms with Crippen LogP contribution in [0.1, 0.15) is 5.56 Å². The van der Waals surface area contributed by atoms with Gasteiger partial charge in [-0.1, -0.05) is 0 Å². The fourth-order valence-electron chi connectivity index (χ4n) is 1.79. The zero-order chi connectivity index (χ0) is 11.8. The number of nitrogens with zero attached hydrogens (tertiary/aromatic N) is 2. The number of aromatic nitrogens is 2. The summed E-state index contributed by atoms with van der Waals surface area (Å²) in [5.74, 6) is 0.641. The second-order valence-corrected chi connectivity index (χ2v) is 3.75. The van der Waals surface area contributed by atoms with Crippen molar-refractivity contribution in [2.45, 2.75) is 6.92 Å². The molecule has 0 unspecified atom stereocenters. The van der Waals surface area contributed by atoms with Gasteiger partial charge in [0.2, 0.25) is 5.43 Å². The SMILES string of the molecule is Cc1cn(-c2[c]cccn2)c2ccoc2c1=O. The molecule has 0 spiro atoms. The summed E-state index contributed by atoms with van der Waals surface area (Å²) in [5, 5.41) is 0. The Bertz CT molecular complexity index is 726. The maximum absolute atomic E-state index is 11.8. The topological polar surface area (TPSA) is 48.0 Å². The van der Waals surface area contributed by atoms with Crippen molar-refractivity contribution < 1.29 is 4.42 Å². The Hall–Kier alpha value is -2.36. The van der Waals surface area contributed by atoms with Crippen LogP contribution in [-0.4, -0.2) is 9.55 Å². The first-order chi connectivity index (χ1) is 8.27. The Balaban J connectivity index is 2.42. The van der Waals surface area contributed by atoms with Crippen LogP contribution in [-0.2, 0) is 0 Å². The van der Waals surface area contributed by atoms with Crippen molar-refractivity contribution in [1.82, 2.24) is 9.55 Å². The van der Waals surface area contributed by atoms with Crippen molar-refractivity contribution >= 4 is 11.1 Å². The van der Waals surface area contributed by atoms with Crippen LogP contribution < -0.4 is 5.43 Å². The summed E-state index contributed by atoms with van der Waals surface area (Å²) in [6.45, 7) is 1.75. The largest absolute Gasteiger partial charge is 0.459 e. The lowest BCUT2D eigenvalue weighted by atomic mass is 10.2. The van der Waals surface area contributed by atoms with E-state index in [4.69, 9.17) is 4.42 Å². The number of furan rings is 1. The molecule has 3 heterocycles. The third kappa shape index (κ3) is 1.45. The first kappa shape index (κ1) is 9.84. The van der Waals surface area contributed by atoms with E-state index in [1.54, 1.807) is 42.1 Å². The van der Waals surface area contributed by atoms with Gasteiger partial charge in [-0.25, -0.2) is 4.98 Å². The monoisotopic (exact) mass is 225 g/mol. The molecule has 0 aromatic carbocycles. The molecule has 3 aromatic rings. The number of hydrogen-bond donors (Lipinski definition) is 0. The predicted octanol–water partition coefficient (Wildman–Crippen LogP) is 2.09. The van der Waals surface area contributed by atoms with Crippen LogP contribution in [0.4, 0.5) is 0 Å². The quantitative estimate of drug-likeness (QED) is 0.637. The average Bonchev–Trinajstić information content (AvgIpc) is 2.84. The molecule has 4 heteroatoms. The molecule has 0 fully saturated rings. The van der Waals surface area contributed by atoms with Gasteiger partial charge in [-0.15, -0.1) is 0 Å². The number of rotatable bonds is 1. The molecule has 0 atom stereocenters. The highest BCUT2D eigenvalue weighted by atomic mass is 16.3. The molecule has 0 N–H and O–H groups in total. The van der Waals surface area contributed by atoms with E-state index in [0.29, 0.717) is 22.5 Å². The van der Waals surface area contributed by atoms with Crippen molar-refractivity contribution in [3.63, 3.8) is 0 Å². The molecule has 4 nitrogen and oxygen atoms in total. The highest BCUT2D eigenvalue weighted by molar-refractivity contribution is 5.75. The summed E-state index contributed by atoms with van der Waals surface area (Å²) >= 11 is 0. The Morgan fingerprint density at radius 1 is 1.47 bits per heavy atom. The minimum Gasteiger partial charge on any atom is -0.459 e. The van der Waals surface area contributed by atoms with Crippen molar-refractivity contribution in [3.8, 4) is 5.82 Å². The smallest absolute Gasteiger partial charge is 0.227 e. The van der Waals surface area contributed by atoms with Gasteiger partial charge in [-0.3, -0.25) is 9.36 Å². The Morgan fingerprint density at radius 2 is 2.35 bits per heavy atom. The zero-order valence-corrected chi connectivity index (χ0v) is 9.18. The molecule has 0 aliphatic rings. The summed E-state index contributed by atoms with van der Waals surface area (Å²) in [6, 6.07) is 8.35. The van der Waals surface area contributed by atoms with Gasteiger partial charge in [0.1, 0.15) is 5.82 Å². The van der Waals surface area contributed by atoms with Gasteiger partial charge < -0.3 is 4.42 Å². The molecule has 83 valence electrons. The maximum Gasteiger partial charge on any atom is 0.227 e. The Labute approximate surface area is 97.1 Å². The zero-order valence-electron chi connectivity index (χ0n) is 9.18. The highest BCUT2D eigenvalue weighted by Crippen LogP contribution is 2.16. The van der Waals surface area contributed by atoms with Crippen LogP contribution >= 0.6 is 0 Å². The van der Waals surface area contributed by atoms with Crippen molar-refractivity contribution in [3.05, 3.63) is 58.7 Å². The molecule has 0 bridgehead atoms. The first-order valence-corrected chi connectivity index (χ1v) is 5.20. The predicted molar refractivity (Wildman–Crippen MR) is 63.2 cm³/mol. The van der Waals surface area contributed by atoms with Gasteiger partial charge in [-0.05, 0) is 19.1 Å². The molecule has 0 saturated heterocycles. The summed E-state index contributed by atoms with van der Waals surface area (Å²) in [6.07, 6.45) is 4.94. The van der Waals surface area contributed by atoms with Crippen LogP contribution in [0.2, 0.25) is 0 Å². The third-order valence-corrected chi connectivity index (χ3v) is 2.61. The van der Waals surface area contributed by atoms with E-state index in [-0.39, 0.29) is 5.43 Å².